The van der Waals surface area contributed by atoms with Gasteiger partial charge in [0.2, 0.25) is 5.91 Å². The van der Waals surface area contributed by atoms with Gasteiger partial charge in [-0.1, -0.05) is 50.2 Å². The summed E-state index contributed by atoms with van der Waals surface area (Å²) in [4.78, 5) is 39.4. The highest BCUT2D eigenvalue weighted by Gasteiger charge is 2.30. The van der Waals surface area contributed by atoms with Crippen molar-refractivity contribution in [1.29, 1.82) is 0 Å². The molecule has 1 aliphatic rings. The number of halogens is 2. The van der Waals surface area contributed by atoms with E-state index in [9.17, 15) is 19.1 Å². The molecule has 1 aliphatic heterocycles. The van der Waals surface area contributed by atoms with Crippen LogP contribution in [-0.4, -0.2) is 56.1 Å². The first-order valence-electron chi connectivity index (χ1n) is 13.8. The number of aromatic nitrogens is 3. The fourth-order valence-corrected chi connectivity index (χ4v) is 5.88. The quantitative estimate of drug-likeness (QED) is 0.291. The molecule has 2 aromatic carbocycles. The number of hydrogen-bond acceptors (Lipinski definition) is 6. The van der Waals surface area contributed by atoms with Gasteiger partial charge in [-0.05, 0) is 67.7 Å². The first kappa shape index (κ1) is 29.3. The molecule has 2 aromatic heterocycles. The summed E-state index contributed by atoms with van der Waals surface area (Å²) in [5.74, 6) is -0.380. The first-order valence-corrected chi connectivity index (χ1v) is 14.2. The topological polar surface area (TPSA) is 91.6 Å². The maximum absolute atomic E-state index is 14.7. The number of phenols is 1. The molecular formula is C32H33ClFN5O3. The lowest BCUT2D eigenvalue weighted by Gasteiger charge is -2.40. The number of phenolic OH excluding ortho intramolecular Hbond substituents is 1. The van der Waals surface area contributed by atoms with Gasteiger partial charge in [0.15, 0.2) is 5.65 Å². The van der Waals surface area contributed by atoms with E-state index in [1.807, 2.05) is 50.8 Å². The van der Waals surface area contributed by atoms with Crippen LogP contribution in [0.5, 0.6) is 5.75 Å². The number of carbonyl (C=O) groups is 1. The predicted molar refractivity (Wildman–Crippen MR) is 164 cm³/mol. The molecule has 10 heteroatoms. The molecule has 1 saturated heterocycles. The molecule has 0 bridgehead atoms. The Kier molecular flexibility index (Phi) is 7.81. The van der Waals surface area contributed by atoms with Crippen molar-refractivity contribution < 1.29 is 14.3 Å². The number of pyridine rings is 1. The summed E-state index contributed by atoms with van der Waals surface area (Å²) < 4.78 is 16.1. The summed E-state index contributed by atoms with van der Waals surface area (Å²) in [5.41, 5.74) is 2.72. The number of aromatic hydroxyl groups is 1. The van der Waals surface area contributed by atoms with E-state index < -0.39 is 11.5 Å². The summed E-state index contributed by atoms with van der Waals surface area (Å²) in [6.45, 7) is 14.4. The molecule has 4 aromatic rings. The van der Waals surface area contributed by atoms with Gasteiger partial charge in [-0.25, -0.2) is 18.7 Å². The second-order valence-corrected chi connectivity index (χ2v) is 11.5. The maximum atomic E-state index is 14.7. The number of hydrogen-bond donors (Lipinski definition) is 1. The Bertz CT molecular complexity index is 1800. The average Bonchev–Trinajstić information content (AvgIpc) is 2.94. The summed E-state index contributed by atoms with van der Waals surface area (Å²) in [6, 6.07) is 9.83. The minimum Gasteiger partial charge on any atom is -0.507 e. The summed E-state index contributed by atoms with van der Waals surface area (Å²) in [5, 5.41) is 11.4. The van der Waals surface area contributed by atoms with Crippen molar-refractivity contribution in [2.24, 2.45) is 0 Å². The smallest absolute Gasteiger partial charge is 0.355 e. The first-order chi connectivity index (χ1) is 19.9. The lowest BCUT2D eigenvalue weighted by molar-refractivity contribution is -0.126. The summed E-state index contributed by atoms with van der Waals surface area (Å²) in [6.07, 6.45) is 1.29. The number of piperazine rings is 1. The van der Waals surface area contributed by atoms with Crippen molar-refractivity contribution in [3.63, 3.8) is 0 Å². The molecule has 0 spiro atoms. The van der Waals surface area contributed by atoms with Gasteiger partial charge in [-0.3, -0.25) is 4.79 Å². The average molecular weight is 590 g/mol. The van der Waals surface area contributed by atoms with Gasteiger partial charge in [0.05, 0.1) is 21.8 Å². The van der Waals surface area contributed by atoms with Crippen LogP contribution < -0.4 is 10.6 Å². The second-order valence-electron chi connectivity index (χ2n) is 11.1. The van der Waals surface area contributed by atoms with Crippen LogP contribution in [-0.2, 0) is 4.79 Å². The lowest BCUT2D eigenvalue weighted by atomic mass is 9.98. The van der Waals surface area contributed by atoms with Gasteiger partial charge in [-0.15, -0.1) is 0 Å². The monoisotopic (exact) mass is 589 g/mol. The van der Waals surface area contributed by atoms with E-state index in [-0.39, 0.29) is 51.1 Å². The van der Waals surface area contributed by atoms with Crippen LogP contribution in [0.1, 0.15) is 43.4 Å². The van der Waals surface area contributed by atoms with Crippen LogP contribution in [0.15, 0.2) is 53.8 Å². The Morgan fingerprint density at radius 3 is 2.57 bits per heavy atom. The second kappa shape index (κ2) is 11.2. The van der Waals surface area contributed by atoms with Gasteiger partial charge in [0, 0.05) is 31.2 Å². The number of benzene rings is 2. The van der Waals surface area contributed by atoms with Gasteiger partial charge < -0.3 is 14.9 Å². The van der Waals surface area contributed by atoms with Gasteiger partial charge in [0.1, 0.15) is 17.4 Å². The molecule has 1 fully saturated rings. The molecule has 0 aliphatic carbocycles. The van der Waals surface area contributed by atoms with Crippen LogP contribution in [0.4, 0.5) is 10.2 Å². The zero-order chi connectivity index (χ0) is 30.5. The van der Waals surface area contributed by atoms with Gasteiger partial charge in [-0.2, -0.15) is 4.98 Å². The number of anilines is 1. The predicted octanol–water partition coefficient (Wildman–Crippen LogP) is 5.91. The molecular weight excluding hydrogens is 557 g/mol. The lowest BCUT2D eigenvalue weighted by Crippen LogP contribution is -2.54. The molecule has 0 radical (unpaired) electrons. The highest BCUT2D eigenvalue weighted by molar-refractivity contribution is 6.34. The Morgan fingerprint density at radius 1 is 1.17 bits per heavy atom. The normalized spacial score (nSPS) is 15.5. The Hall–Kier alpha value is -4.24. The maximum Gasteiger partial charge on any atom is 0.355 e. The zero-order valence-electron chi connectivity index (χ0n) is 24.3. The fraction of sp³-hybridized carbons (Fsp3) is 0.312. The molecule has 1 N–H and O–H groups in total. The van der Waals surface area contributed by atoms with Crippen LogP contribution in [0.25, 0.3) is 28.0 Å². The van der Waals surface area contributed by atoms with Crippen molar-refractivity contribution in [3.05, 3.63) is 87.1 Å². The van der Waals surface area contributed by atoms with Crippen molar-refractivity contribution in [2.45, 2.75) is 46.6 Å². The number of aryl methyl sites for hydroxylation is 2. The Balaban J connectivity index is 1.83. The standard InChI is InChI=1S/C32H33ClFN5O3/c1-7-27(41)37-11-12-38(20(6)16-37)30-23-14-24(33)28(22-15-25(34)19(5)13-26(22)40)35-31(23)39(32(42)36-30)29-18(4)9-8-10-21(29)17(2)3/h7-10,13-15,17,20,40H,1,11-12,16H2,2-6H3/t20-/m0/s1. The highest BCUT2D eigenvalue weighted by atomic mass is 35.5. The molecule has 1 atom stereocenters. The fourth-order valence-electron chi connectivity index (χ4n) is 5.63. The van der Waals surface area contributed by atoms with Gasteiger partial charge in [0.25, 0.3) is 0 Å². The van der Waals surface area contributed by atoms with Crippen molar-refractivity contribution in [2.75, 3.05) is 24.5 Å². The van der Waals surface area contributed by atoms with Crippen LogP contribution >= 0.6 is 11.6 Å². The van der Waals surface area contributed by atoms with Crippen molar-refractivity contribution in [3.8, 4) is 22.7 Å². The SMILES string of the molecule is C=CC(=O)N1CCN(c2nc(=O)n(-c3c(C)cccc3C(C)C)c3nc(-c4cc(F)c(C)cc4O)c(Cl)cc23)[C@@H](C)C1. The summed E-state index contributed by atoms with van der Waals surface area (Å²) in [7, 11) is 0. The third-order valence-electron chi connectivity index (χ3n) is 7.83. The van der Waals surface area contributed by atoms with Crippen molar-refractivity contribution in [1.82, 2.24) is 19.4 Å². The van der Waals surface area contributed by atoms with E-state index in [1.165, 1.54) is 22.8 Å². The van der Waals surface area contributed by atoms with E-state index in [0.717, 1.165) is 11.1 Å². The number of rotatable bonds is 5. The number of nitrogens with zero attached hydrogens (tertiary/aromatic N) is 5. The van der Waals surface area contributed by atoms with Crippen LogP contribution in [0, 0.1) is 19.7 Å². The van der Waals surface area contributed by atoms with Crippen LogP contribution in [0.3, 0.4) is 0 Å². The van der Waals surface area contributed by atoms with Crippen LogP contribution in [0.2, 0.25) is 5.02 Å². The molecule has 0 unspecified atom stereocenters. The Morgan fingerprint density at radius 2 is 1.90 bits per heavy atom. The number of fused-ring (bicyclic) bond motifs is 1. The van der Waals surface area contributed by atoms with Gasteiger partial charge >= 0.3 is 5.69 Å². The third kappa shape index (κ3) is 5.02. The molecule has 3 heterocycles. The molecule has 0 saturated carbocycles. The minimum atomic E-state index is -0.537. The van der Waals surface area contributed by atoms with E-state index >= 15 is 0 Å². The molecule has 5 rings (SSSR count). The minimum absolute atomic E-state index is 0.0824. The number of carbonyl (C=O) groups excluding carboxylic acids is 1. The van der Waals surface area contributed by atoms with Crippen molar-refractivity contribution >= 4 is 34.4 Å². The van der Waals surface area contributed by atoms with E-state index in [2.05, 4.69) is 11.6 Å². The summed E-state index contributed by atoms with van der Waals surface area (Å²) >= 11 is 6.79. The van der Waals surface area contributed by atoms with E-state index in [0.29, 0.717) is 36.5 Å². The number of amides is 1. The Labute approximate surface area is 248 Å². The zero-order valence-corrected chi connectivity index (χ0v) is 25.0. The number of para-hydroxylation sites is 1. The molecule has 42 heavy (non-hydrogen) atoms. The molecule has 218 valence electrons. The molecule has 8 nitrogen and oxygen atoms in total. The van der Waals surface area contributed by atoms with E-state index in [4.69, 9.17) is 16.6 Å². The third-order valence-corrected chi connectivity index (χ3v) is 8.12. The molecule has 1 amide bonds. The largest absolute Gasteiger partial charge is 0.507 e. The van der Waals surface area contributed by atoms with E-state index in [1.54, 1.807) is 17.9 Å². The highest BCUT2D eigenvalue weighted by Crippen LogP contribution is 2.39.